The highest BCUT2D eigenvalue weighted by Crippen LogP contribution is 2.55. The Labute approximate surface area is 112 Å². The van der Waals surface area contributed by atoms with Crippen LogP contribution < -0.4 is 5.43 Å². The summed E-state index contributed by atoms with van der Waals surface area (Å²) in [6, 6.07) is 6.92. The molecule has 0 aliphatic heterocycles. The van der Waals surface area contributed by atoms with Gasteiger partial charge in [-0.3, -0.25) is 4.79 Å². The van der Waals surface area contributed by atoms with Gasteiger partial charge in [0.05, 0.1) is 6.21 Å². The number of fused-ring (bicyclic) bond motifs is 1. The van der Waals surface area contributed by atoms with Gasteiger partial charge < -0.3 is 5.11 Å². The third-order valence-electron chi connectivity index (χ3n) is 4.27. The summed E-state index contributed by atoms with van der Waals surface area (Å²) in [7, 11) is 0. The average Bonchev–Trinajstić information content (AvgIpc) is 3.15. The molecule has 2 N–H and O–H groups in total. The van der Waals surface area contributed by atoms with E-state index >= 15 is 0 Å². The Bertz CT molecular complexity index is 501. The van der Waals surface area contributed by atoms with Gasteiger partial charge in [-0.05, 0) is 36.8 Å². The lowest BCUT2D eigenvalue weighted by atomic mass is 10.0. The van der Waals surface area contributed by atoms with Crippen LogP contribution in [0.25, 0.3) is 0 Å². The van der Waals surface area contributed by atoms with Gasteiger partial charge in [0.25, 0.3) is 0 Å². The van der Waals surface area contributed by atoms with Crippen LogP contribution in [0.5, 0.6) is 5.75 Å². The first-order valence-corrected chi connectivity index (χ1v) is 6.88. The van der Waals surface area contributed by atoms with Gasteiger partial charge >= 0.3 is 0 Å². The maximum atomic E-state index is 12.0. The van der Waals surface area contributed by atoms with Gasteiger partial charge in [-0.15, -0.1) is 0 Å². The zero-order chi connectivity index (χ0) is 13.2. The van der Waals surface area contributed by atoms with Gasteiger partial charge in [0.2, 0.25) is 5.91 Å². The van der Waals surface area contributed by atoms with Crippen molar-refractivity contribution in [2.24, 2.45) is 22.9 Å². The molecule has 2 fully saturated rings. The maximum Gasteiger partial charge on any atom is 0.243 e. The Morgan fingerprint density at radius 3 is 2.63 bits per heavy atom. The highest BCUT2D eigenvalue weighted by atomic mass is 16.3. The Hall–Kier alpha value is -1.84. The predicted molar refractivity (Wildman–Crippen MR) is 72.8 cm³/mol. The van der Waals surface area contributed by atoms with E-state index in [0.29, 0.717) is 17.4 Å². The minimum Gasteiger partial charge on any atom is -0.507 e. The number of amides is 1. The molecule has 2 aliphatic carbocycles. The SMILES string of the molecule is O=C(NN=Cc1ccccc1O)C1[C@@H]2CCCC[C@@H]12. The highest BCUT2D eigenvalue weighted by Gasteiger charge is 2.54. The van der Waals surface area contributed by atoms with Crippen molar-refractivity contribution in [2.45, 2.75) is 25.7 Å². The van der Waals surface area contributed by atoms with Crippen molar-refractivity contribution in [1.29, 1.82) is 0 Å². The van der Waals surface area contributed by atoms with E-state index in [-0.39, 0.29) is 17.6 Å². The third-order valence-corrected chi connectivity index (χ3v) is 4.27. The average molecular weight is 258 g/mol. The molecule has 1 aromatic carbocycles. The lowest BCUT2D eigenvalue weighted by Gasteiger charge is -2.04. The summed E-state index contributed by atoms with van der Waals surface area (Å²) in [4.78, 5) is 12.0. The Kier molecular flexibility index (Phi) is 3.23. The van der Waals surface area contributed by atoms with Gasteiger partial charge in [0.15, 0.2) is 0 Å². The van der Waals surface area contributed by atoms with E-state index in [1.165, 1.54) is 31.9 Å². The van der Waals surface area contributed by atoms with Gasteiger partial charge in [0, 0.05) is 11.5 Å². The second-order valence-corrected chi connectivity index (χ2v) is 5.43. The summed E-state index contributed by atoms with van der Waals surface area (Å²) < 4.78 is 0. The molecule has 2 atom stereocenters. The fourth-order valence-corrected chi connectivity index (χ4v) is 3.22. The fraction of sp³-hybridized carbons (Fsp3) is 0.467. The van der Waals surface area contributed by atoms with Crippen LogP contribution >= 0.6 is 0 Å². The number of benzene rings is 1. The van der Waals surface area contributed by atoms with Crippen LogP contribution in [0.4, 0.5) is 0 Å². The van der Waals surface area contributed by atoms with Gasteiger partial charge in [0.1, 0.15) is 5.75 Å². The van der Waals surface area contributed by atoms with E-state index in [1.807, 2.05) is 6.07 Å². The van der Waals surface area contributed by atoms with Gasteiger partial charge in [-0.1, -0.05) is 25.0 Å². The lowest BCUT2D eigenvalue weighted by molar-refractivity contribution is -0.122. The normalized spacial score (nSPS) is 28.9. The molecular weight excluding hydrogens is 240 g/mol. The van der Waals surface area contributed by atoms with Crippen LogP contribution in [0.1, 0.15) is 31.2 Å². The van der Waals surface area contributed by atoms with Crippen molar-refractivity contribution in [3.8, 4) is 5.75 Å². The van der Waals surface area contributed by atoms with Crippen molar-refractivity contribution >= 4 is 12.1 Å². The largest absolute Gasteiger partial charge is 0.507 e. The molecule has 3 rings (SSSR count). The molecule has 0 bridgehead atoms. The summed E-state index contributed by atoms with van der Waals surface area (Å²) >= 11 is 0. The quantitative estimate of drug-likeness (QED) is 0.645. The second kappa shape index (κ2) is 5.03. The molecule has 1 amide bonds. The van der Waals surface area contributed by atoms with Crippen LogP contribution in [0.3, 0.4) is 0 Å². The maximum absolute atomic E-state index is 12.0. The number of phenols is 1. The molecule has 1 aromatic rings. The van der Waals surface area contributed by atoms with Crippen molar-refractivity contribution in [2.75, 3.05) is 0 Å². The molecule has 19 heavy (non-hydrogen) atoms. The standard InChI is InChI=1S/C15H18N2O2/c18-13-8-4-1-5-10(13)9-16-17-15(19)14-11-6-2-3-7-12(11)14/h1,4-5,8-9,11-12,14,18H,2-3,6-7H2,(H,17,19)/t11-,12-/m1/s1. The van der Waals surface area contributed by atoms with Crippen molar-refractivity contribution < 1.29 is 9.90 Å². The molecule has 100 valence electrons. The topological polar surface area (TPSA) is 61.7 Å². The summed E-state index contributed by atoms with van der Waals surface area (Å²) in [6.07, 6.45) is 6.37. The molecule has 0 unspecified atom stereocenters. The number of phenolic OH excluding ortho intramolecular Hbond substituents is 1. The number of rotatable bonds is 3. The van der Waals surface area contributed by atoms with Crippen LogP contribution in [0.15, 0.2) is 29.4 Å². The molecule has 4 nitrogen and oxygen atoms in total. The van der Waals surface area contributed by atoms with Crippen LogP contribution in [0, 0.1) is 17.8 Å². The first-order chi connectivity index (χ1) is 9.27. The zero-order valence-corrected chi connectivity index (χ0v) is 10.7. The number of carbonyl (C=O) groups is 1. The molecule has 0 saturated heterocycles. The Balaban J connectivity index is 1.55. The van der Waals surface area contributed by atoms with Crippen LogP contribution in [-0.4, -0.2) is 17.2 Å². The molecule has 0 heterocycles. The van der Waals surface area contributed by atoms with Gasteiger partial charge in [-0.25, -0.2) is 5.43 Å². The Morgan fingerprint density at radius 1 is 1.26 bits per heavy atom. The molecule has 0 aromatic heterocycles. The third kappa shape index (κ3) is 2.48. The first kappa shape index (κ1) is 12.2. The first-order valence-electron chi connectivity index (χ1n) is 6.88. The van der Waals surface area contributed by atoms with E-state index in [9.17, 15) is 9.90 Å². The lowest BCUT2D eigenvalue weighted by Crippen LogP contribution is -2.20. The number of aromatic hydroxyl groups is 1. The number of hydrogen-bond donors (Lipinski definition) is 2. The number of nitrogens with one attached hydrogen (secondary N) is 1. The van der Waals surface area contributed by atoms with Crippen LogP contribution in [0.2, 0.25) is 0 Å². The second-order valence-electron chi connectivity index (χ2n) is 5.43. The van der Waals surface area contributed by atoms with E-state index in [2.05, 4.69) is 10.5 Å². The Morgan fingerprint density at radius 2 is 1.95 bits per heavy atom. The number of nitrogens with zero attached hydrogens (tertiary/aromatic N) is 1. The van der Waals surface area contributed by atoms with Crippen LogP contribution in [-0.2, 0) is 4.79 Å². The zero-order valence-electron chi connectivity index (χ0n) is 10.7. The molecule has 2 aliphatic rings. The van der Waals surface area contributed by atoms with Gasteiger partial charge in [-0.2, -0.15) is 5.10 Å². The molecular formula is C15H18N2O2. The van der Waals surface area contributed by atoms with E-state index < -0.39 is 0 Å². The summed E-state index contributed by atoms with van der Waals surface area (Å²) in [6.45, 7) is 0. The summed E-state index contributed by atoms with van der Waals surface area (Å²) in [5, 5.41) is 13.5. The smallest absolute Gasteiger partial charge is 0.243 e. The molecule has 0 radical (unpaired) electrons. The molecule has 0 spiro atoms. The monoisotopic (exact) mass is 258 g/mol. The summed E-state index contributed by atoms with van der Waals surface area (Å²) in [5.74, 6) is 1.55. The van der Waals surface area contributed by atoms with Crippen molar-refractivity contribution in [3.05, 3.63) is 29.8 Å². The minimum atomic E-state index is 0.0311. The van der Waals surface area contributed by atoms with E-state index in [4.69, 9.17) is 0 Å². The fourth-order valence-electron chi connectivity index (χ4n) is 3.22. The number of carbonyl (C=O) groups excluding carboxylic acids is 1. The molecule has 2 saturated carbocycles. The number of para-hydroxylation sites is 1. The van der Waals surface area contributed by atoms with E-state index in [1.54, 1.807) is 18.2 Å². The number of hydrogen-bond acceptors (Lipinski definition) is 3. The van der Waals surface area contributed by atoms with Crippen molar-refractivity contribution in [3.63, 3.8) is 0 Å². The minimum absolute atomic E-state index is 0.0311. The number of hydrazone groups is 1. The molecule has 4 heteroatoms. The highest BCUT2D eigenvalue weighted by molar-refractivity contribution is 5.86. The van der Waals surface area contributed by atoms with E-state index in [0.717, 1.165) is 0 Å². The summed E-state index contributed by atoms with van der Waals surface area (Å²) in [5.41, 5.74) is 3.20. The van der Waals surface area contributed by atoms with Crippen molar-refractivity contribution in [1.82, 2.24) is 5.43 Å². The predicted octanol–water partition coefficient (Wildman–Crippen LogP) is 2.28.